The quantitative estimate of drug-likeness (QED) is 0.841. The fourth-order valence-electron chi connectivity index (χ4n) is 2.95. The molecule has 2 unspecified atom stereocenters. The number of piperidine rings is 1. The summed E-state index contributed by atoms with van der Waals surface area (Å²) in [5, 5.41) is 6.56. The number of amides is 1. The van der Waals surface area contributed by atoms with Gasteiger partial charge < -0.3 is 10.6 Å². The number of rotatable bonds is 3. The van der Waals surface area contributed by atoms with Gasteiger partial charge in [-0.2, -0.15) is 0 Å². The monoisotopic (exact) mass is 244 g/mol. The van der Waals surface area contributed by atoms with Gasteiger partial charge in [0, 0.05) is 19.1 Å². The maximum atomic E-state index is 12.4. The molecule has 1 aromatic carbocycles. The van der Waals surface area contributed by atoms with Gasteiger partial charge in [0.15, 0.2) is 0 Å². The van der Waals surface area contributed by atoms with Gasteiger partial charge in [0.25, 0.3) is 0 Å². The van der Waals surface area contributed by atoms with E-state index < -0.39 is 5.41 Å². The molecule has 2 aliphatic rings. The average molecular weight is 244 g/mol. The van der Waals surface area contributed by atoms with Crippen molar-refractivity contribution in [3.63, 3.8) is 0 Å². The molecule has 1 saturated carbocycles. The minimum atomic E-state index is -0.453. The molecule has 1 aromatic rings. The lowest BCUT2D eigenvalue weighted by Gasteiger charge is -2.24. The molecule has 2 N–H and O–H groups in total. The van der Waals surface area contributed by atoms with E-state index in [-0.39, 0.29) is 5.91 Å². The minimum Gasteiger partial charge on any atom is -0.352 e. The zero-order chi connectivity index (χ0) is 12.8. The van der Waals surface area contributed by atoms with Gasteiger partial charge in [-0.1, -0.05) is 30.3 Å². The van der Waals surface area contributed by atoms with Crippen molar-refractivity contribution in [1.29, 1.82) is 0 Å². The molecular formula is C15H20N2O. The molecule has 96 valence electrons. The molecule has 3 heteroatoms. The van der Waals surface area contributed by atoms with Gasteiger partial charge in [-0.15, -0.1) is 0 Å². The second-order valence-corrected chi connectivity index (χ2v) is 5.98. The Morgan fingerprint density at radius 1 is 1.22 bits per heavy atom. The lowest BCUT2D eigenvalue weighted by molar-refractivity contribution is -0.126. The predicted molar refractivity (Wildman–Crippen MR) is 71.2 cm³/mol. The van der Waals surface area contributed by atoms with Crippen LogP contribution in [-0.4, -0.2) is 25.0 Å². The van der Waals surface area contributed by atoms with Crippen molar-refractivity contribution in [2.75, 3.05) is 13.1 Å². The number of benzene rings is 1. The third-order valence-electron chi connectivity index (χ3n) is 4.45. The fraction of sp³-hybridized carbons (Fsp3) is 0.533. The van der Waals surface area contributed by atoms with Crippen LogP contribution in [0.15, 0.2) is 30.3 Å². The van der Waals surface area contributed by atoms with Crippen molar-refractivity contribution in [2.24, 2.45) is 11.8 Å². The second kappa shape index (κ2) is 4.09. The molecule has 3 rings (SSSR count). The summed E-state index contributed by atoms with van der Waals surface area (Å²) in [5.74, 6) is 1.48. The van der Waals surface area contributed by atoms with Gasteiger partial charge in [-0.05, 0) is 31.2 Å². The lowest BCUT2D eigenvalue weighted by atomic mass is 9.83. The summed E-state index contributed by atoms with van der Waals surface area (Å²) in [7, 11) is 0. The molecule has 2 atom stereocenters. The number of fused-ring (bicyclic) bond motifs is 1. The van der Waals surface area contributed by atoms with Crippen molar-refractivity contribution in [3.8, 4) is 0 Å². The van der Waals surface area contributed by atoms with E-state index in [1.54, 1.807) is 0 Å². The van der Waals surface area contributed by atoms with Crippen LogP contribution in [0.1, 0.15) is 19.4 Å². The molecule has 0 bridgehead atoms. The highest BCUT2D eigenvalue weighted by molar-refractivity contribution is 5.87. The van der Waals surface area contributed by atoms with E-state index in [0.29, 0.717) is 17.9 Å². The summed E-state index contributed by atoms with van der Waals surface area (Å²) in [6.07, 6.45) is 0. The topological polar surface area (TPSA) is 41.1 Å². The van der Waals surface area contributed by atoms with Gasteiger partial charge in [0.05, 0.1) is 5.41 Å². The molecule has 1 heterocycles. The number of hydrogen-bond acceptors (Lipinski definition) is 2. The first-order valence-electron chi connectivity index (χ1n) is 6.68. The normalized spacial score (nSPS) is 29.8. The van der Waals surface area contributed by atoms with E-state index in [9.17, 15) is 4.79 Å². The molecule has 0 spiro atoms. The summed E-state index contributed by atoms with van der Waals surface area (Å²) in [6, 6.07) is 10.4. The van der Waals surface area contributed by atoms with Crippen molar-refractivity contribution in [1.82, 2.24) is 10.6 Å². The van der Waals surface area contributed by atoms with Crippen LogP contribution in [0.25, 0.3) is 0 Å². The molecule has 1 amide bonds. The maximum absolute atomic E-state index is 12.4. The molecule has 1 saturated heterocycles. The standard InChI is InChI=1S/C15H20N2O/c1-15(2,10-6-4-3-5-7-10)14(18)17-13-11-8-16-9-12(11)13/h3-7,11-13,16H,8-9H2,1-2H3,(H,17,18). The first kappa shape index (κ1) is 11.7. The summed E-state index contributed by atoms with van der Waals surface area (Å²) >= 11 is 0. The van der Waals surface area contributed by atoms with Crippen molar-refractivity contribution < 1.29 is 4.79 Å². The summed E-state index contributed by atoms with van der Waals surface area (Å²) < 4.78 is 0. The van der Waals surface area contributed by atoms with E-state index in [4.69, 9.17) is 0 Å². The van der Waals surface area contributed by atoms with E-state index in [1.807, 2.05) is 44.2 Å². The SMILES string of the molecule is CC(C)(C(=O)NC1C2CNCC21)c1ccccc1. The highest BCUT2D eigenvalue weighted by atomic mass is 16.2. The van der Waals surface area contributed by atoms with Crippen LogP contribution in [-0.2, 0) is 10.2 Å². The van der Waals surface area contributed by atoms with Crippen LogP contribution in [0.3, 0.4) is 0 Å². The highest BCUT2D eigenvalue weighted by Crippen LogP contribution is 2.42. The Bertz CT molecular complexity index is 445. The molecule has 0 radical (unpaired) electrons. The Hall–Kier alpha value is -1.35. The number of carbonyl (C=O) groups excluding carboxylic acids is 1. The Morgan fingerprint density at radius 2 is 1.83 bits per heavy atom. The summed E-state index contributed by atoms with van der Waals surface area (Å²) in [5.41, 5.74) is 0.623. The lowest BCUT2D eigenvalue weighted by Crippen LogP contribution is -2.43. The third kappa shape index (κ3) is 1.83. The van der Waals surface area contributed by atoms with Crippen LogP contribution in [0, 0.1) is 11.8 Å². The van der Waals surface area contributed by atoms with E-state index in [0.717, 1.165) is 18.7 Å². The molecule has 3 nitrogen and oxygen atoms in total. The van der Waals surface area contributed by atoms with Crippen LogP contribution >= 0.6 is 0 Å². The number of nitrogens with one attached hydrogen (secondary N) is 2. The molecular weight excluding hydrogens is 224 g/mol. The third-order valence-corrected chi connectivity index (χ3v) is 4.45. The maximum Gasteiger partial charge on any atom is 0.230 e. The van der Waals surface area contributed by atoms with Gasteiger partial charge in [0.2, 0.25) is 5.91 Å². The van der Waals surface area contributed by atoms with E-state index in [1.165, 1.54) is 0 Å². The Labute approximate surface area is 108 Å². The molecule has 0 aromatic heterocycles. The Morgan fingerprint density at radius 3 is 2.44 bits per heavy atom. The average Bonchev–Trinajstić information content (AvgIpc) is 2.83. The number of hydrogen-bond donors (Lipinski definition) is 2. The first-order chi connectivity index (χ1) is 8.60. The number of carbonyl (C=O) groups is 1. The van der Waals surface area contributed by atoms with Gasteiger partial charge >= 0.3 is 0 Å². The van der Waals surface area contributed by atoms with Crippen LogP contribution in [0.4, 0.5) is 0 Å². The Balaban J connectivity index is 1.68. The van der Waals surface area contributed by atoms with Crippen molar-refractivity contribution in [3.05, 3.63) is 35.9 Å². The predicted octanol–water partition coefficient (Wildman–Crippen LogP) is 1.30. The molecule has 2 fully saturated rings. The summed E-state index contributed by atoms with van der Waals surface area (Å²) in [4.78, 5) is 12.4. The van der Waals surface area contributed by atoms with Crippen LogP contribution < -0.4 is 10.6 Å². The van der Waals surface area contributed by atoms with Crippen molar-refractivity contribution in [2.45, 2.75) is 25.3 Å². The summed E-state index contributed by atoms with van der Waals surface area (Å²) in [6.45, 7) is 6.10. The zero-order valence-corrected chi connectivity index (χ0v) is 10.9. The van der Waals surface area contributed by atoms with Gasteiger partial charge in [0.1, 0.15) is 0 Å². The second-order valence-electron chi connectivity index (χ2n) is 5.98. The Kier molecular flexibility index (Phi) is 2.67. The highest BCUT2D eigenvalue weighted by Gasteiger charge is 2.54. The molecule has 1 aliphatic carbocycles. The van der Waals surface area contributed by atoms with E-state index in [2.05, 4.69) is 10.6 Å². The van der Waals surface area contributed by atoms with E-state index >= 15 is 0 Å². The van der Waals surface area contributed by atoms with Gasteiger partial charge in [-0.25, -0.2) is 0 Å². The van der Waals surface area contributed by atoms with Gasteiger partial charge in [-0.3, -0.25) is 4.79 Å². The van der Waals surface area contributed by atoms with Crippen molar-refractivity contribution >= 4 is 5.91 Å². The van der Waals surface area contributed by atoms with Crippen LogP contribution in [0.5, 0.6) is 0 Å². The molecule has 1 aliphatic heterocycles. The molecule has 18 heavy (non-hydrogen) atoms. The largest absolute Gasteiger partial charge is 0.352 e. The minimum absolute atomic E-state index is 0.146. The fourth-order valence-corrected chi connectivity index (χ4v) is 2.95. The first-order valence-corrected chi connectivity index (χ1v) is 6.68. The smallest absolute Gasteiger partial charge is 0.230 e. The zero-order valence-electron chi connectivity index (χ0n) is 10.9. The van der Waals surface area contributed by atoms with Crippen LogP contribution in [0.2, 0.25) is 0 Å².